The first kappa shape index (κ1) is 19.7. The second-order valence-corrected chi connectivity index (χ2v) is 7.40. The molecule has 1 unspecified atom stereocenters. The molecule has 1 saturated carbocycles. The highest BCUT2D eigenvalue weighted by atomic mass is 16.5. The summed E-state index contributed by atoms with van der Waals surface area (Å²) in [6.07, 6.45) is 9.68. The van der Waals surface area contributed by atoms with Crippen LogP contribution in [0.5, 0.6) is 0 Å². The molecule has 0 bridgehead atoms. The summed E-state index contributed by atoms with van der Waals surface area (Å²) in [5.74, 6) is 0.539. The Hall–Kier alpha value is -1.63. The average Bonchev–Trinajstić information content (AvgIpc) is 3.10. The summed E-state index contributed by atoms with van der Waals surface area (Å²) in [4.78, 5) is 29.6. The van der Waals surface area contributed by atoms with E-state index in [2.05, 4.69) is 4.99 Å². The summed E-state index contributed by atoms with van der Waals surface area (Å²) in [5.41, 5.74) is 1.69. The van der Waals surface area contributed by atoms with Crippen LogP contribution in [0, 0.1) is 11.8 Å². The molecule has 0 aromatic rings. The minimum Gasteiger partial charge on any atom is -0.478 e. The molecule has 1 aliphatic carbocycles. The third kappa shape index (κ3) is 5.99. The molecule has 2 atom stereocenters. The van der Waals surface area contributed by atoms with Crippen LogP contribution in [0.2, 0.25) is 0 Å². The van der Waals surface area contributed by atoms with Crippen molar-refractivity contribution in [2.75, 3.05) is 20.7 Å². The molecule has 1 aliphatic heterocycles. The number of likely N-dealkylation sites (N-methyl/N-ethyl adjacent to an activating group) is 1. The molecule has 2 amide bonds. The fraction of sp³-hybridized carbons (Fsp3) is 0.833. The first-order valence-corrected chi connectivity index (χ1v) is 9.35. The van der Waals surface area contributed by atoms with Crippen molar-refractivity contribution in [1.82, 2.24) is 10.4 Å². The van der Waals surface area contributed by atoms with Crippen molar-refractivity contribution >= 4 is 17.7 Å². The van der Waals surface area contributed by atoms with E-state index in [0.29, 0.717) is 5.90 Å². The molecule has 0 aromatic carbocycles. The zero-order chi connectivity index (χ0) is 18.2. The number of carbonyl (C=O) groups excluding carboxylic acids is 2. The zero-order valence-electron chi connectivity index (χ0n) is 15.4. The lowest BCUT2D eigenvalue weighted by Crippen LogP contribution is -2.33. The van der Waals surface area contributed by atoms with Crippen LogP contribution in [0.1, 0.15) is 57.8 Å². The number of rotatable bonds is 8. The molecule has 0 radical (unpaired) electrons. The van der Waals surface area contributed by atoms with E-state index in [-0.39, 0.29) is 24.9 Å². The Morgan fingerprint density at radius 2 is 2.04 bits per heavy atom. The van der Waals surface area contributed by atoms with E-state index >= 15 is 0 Å². The summed E-state index contributed by atoms with van der Waals surface area (Å²) in [6.45, 7) is 0.228. The Bertz CT molecular complexity index is 487. The van der Waals surface area contributed by atoms with Crippen LogP contribution in [0.15, 0.2) is 4.99 Å². The molecule has 7 heteroatoms. The molecule has 0 aromatic heterocycles. The van der Waals surface area contributed by atoms with Gasteiger partial charge in [-0.25, -0.2) is 10.5 Å². The minimum absolute atomic E-state index is 0.0948. The zero-order valence-corrected chi connectivity index (χ0v) is 15.4. The average molecular weight is 353 g/mol. The molecule has 142 valence electrons. The second kappa shape index (κ2) is 9.75. The van der Waals surface area contributed by atoms with Gasteiger partial charge in [-0.1, -0.05) is 44.9 Å². The highest BCUT2D eigenvalue weighted by Crippen LogP contribution is 2.29. The predicted molar refractivity (Wildman–Crippen MR) is 94.3 cm³/mol. The number of hydroxylamine groups is 1. The van der Waals surface area contributed by atoms with Gasteiger partial charge in [-0.15, -0.1) is 0 Å². The van der Waals surface area contributed by atoms with Crippen molar-refractivity contribution in [2.24, 2.45) is 16.8 Å². The SMILES string of the molecule is CN(C)C(=O)C1COC([C@H](CCCC2CCCCC2)CC(=O)NO)=N1. The predicted octanol–water partition coefficient (Wildman–Crippen LogP) is 2.13. The van der Waals surface area contributed by atoms with Gasteiger partial charge in [0, 0.05) is 26.4 Å². The normalized spacial score (nSPS) is 22.0. The van der Waals surface area contributed by atoms with Crippen LogP contribution in [0.25, 0.3) is 0 Å². The number of aliphatic imine (C=N–C) groups is 1. The molecule has 25 heavy (non-hydrogen) atoms. The van der Waals surface area contributed by atoms with Crippen molar-refractivity contribution in [1.29, 1.82) is 0 Å². The highest BCUT2D eigenvalue weighted by molar-refractivity contribution is 5.91. The Balaban J connectivity index is 1.91. The first-order chi connectivity index (χ1) is 12.0. The van der Waals surface area contributed by atoms with Gasteiger partial charge in [0.1, 0.15) is 6.61 Å². The van der Waals surface area contributed by atoms with Crippen LogP contribution in [-0.4, -0.2) is 54.6 Å². The molecular formula is C18H31N3O4. The van der Waals surface area contributed by atoms with Crippen LogP contribution in [0.4, 0.5) is 0 Å². The van der Waals surface area contributed by atoms with E-state index in [1.165, 1.54) is 37.0 Å². The summed E-state index contributed by atoms with van der Waals surface area (Å²) >= 11 is 0. The maximum atomic E-state index is 12.0. The highest BCUT2D eigenvalue weighted by Gasteiger charge is 2.32. The largest absolute Gasteiger partial charge is 0.478 e. The third-order valence-corrected chi connectivity index (χ3v) is 5.19. The van der Waals surface area contributed by atoms with Gasteiger partial charge >= 0.3 is 0 Å². The number of amides is 2. The maximum absolute atomic E-state index is 12.0. The van der Waals surface area contributed by atoms with Gasteiger partial charge < -0.3 is 9.64 Å². The topological polar surface area (TPSA) is 91.2 Å². The van der Waals surface area contributed by atoms with E-state index in [1.54, 1.807) is 19.6 Å². The van der Waals surface area contributed by atoms with E-state index < -0.39 is 11.9 Å². The van der Waals surface area contributed by atoms with Gasteiger partial charge in [0.15, 0.2) is 11.9 Å². The van der Waals surface area contributed by atoms with E-state index in [0.717, 1.165) is 25.2 Å². The van der Waals surface area contributed by atoms with Gasteiger partial charge in [-0.2, -0.15) is 0 Å². The number of nitrogens with one attached hydrogen (secondary N) is 1. The quantitative estimate of drug-likeness (QED) is 0.516. The molecule has 1 fully saturated rings. The van der Waals surface area contributed by atoms with Crippen LogP contribution in [-0.2, 0) is 14.3 Å². The Morgan fingerprint density at radius 3 is 2.68 bits per heavy atom. The Morgan fingerprint density at radius 1 is 1.32 bits per heavy atom. The maximum Gasteiger partial charge on any atom is 0.250 e. The number of carbonyl (C=O) groups is 2. The lowest BCUT2D eigenvalue weighted by atomic mass is 9.84. The fourth-order valence-electron chi connectivity index (χ4n) is 3.75. The number of hydrogen-bond acceptors (Lipinski definition) is 5. The summed E-state index contributed by atoms with van der Waals surface area (Å²) < 4.78 is 5.63. The lowest BCUT2D eigenvalue weighted by molar-refractivity contribution is -0.130. The molecule has 2 rings (SSSR count). The van der Waals surface area contributed by atoms with Crippen LogP contribution < -0.4 is 5.48 Å². The Kier molecular flexibility index (Phi) is 7.68. The molecule has 2 N–H and O–H groups in total. The van der Waals surface area contributed by atoms with Crippen molar-refractivity contribution in [3.05, 3.63) is 0 Å². The van der Waals surface area contributed by atoms with E-state index in [9.17, 15) is 9.59 Å². The number of nitrogens with zero attached hydrogens (tertiary/aromatic N) is 2. The number of hydrogen-bond donors (Lipinski definition) is 2. The van der Waals surface area contributed by atoms with Crippen LogP contribution in [0.3, 0.4) is 0 Å². The van der Waals surface area contributed by atoms with Crippen molar-refractivity contribution in [3.8, 4) is 0 Å². The van der Waals surface area contributed by atoms with Gasteiger partial charge in [-0.05, 0) is 12.3 Å². The van der Waals surface area contributed by atoms with Crippen molar-refractivity contribution < 1.29 is 19.5 Å². The fourth-order valence-corrected chi connectivity index (χ4v) is 3.75. The van der Waals surface area contributed by atoms with E-state index in [4.69, 9.17) is 9.94 Å². The monoisotopic (exact) mass is 353 g/mol. The molecule has 0 saturated heterocycles. The van der Waals surface area contributed by atoms with Crippen molar-refractivity contribution in [2.45, 2.75) is 63.8 Å². The molecule has 1 heterocycles. The molecule has 2 aliphatic rings. The van der Waals surface area contributed by atoms with Crippen molar-refractivity contribution in [3.63, 3.8) is 0 Å². The van der Waals surface area contributed by atoms with E-state index in [1.807, 2.05) is 0 Å². The lowest BCUT2D eigenvalue weighted by Gasteiger charge is -2.22. The minimum atomic E-state index is -0.525. The van der Waals surface area contributed by atoms with Gasteiger partial charge in [0.2, 0.25) is 5.91 Å². The summed E-state index contributed by atoms with van der Waals surface area (Å²) in [7, 11) is 3.38. The first-order valence-electron chi connectivity index (χ1n) is 9.35. The molecule has 7 nitrogen and oxygen atoms in total. The molecule has 0 spiro atoms. The summed E-state index contributed by atoms with van der Waals surface area (Å²) in [6, 6.07) is -0.525. The third-order valence-electron chi connectivity index (χ3n) is 5.19. The Labute approximate surface area is 149 Å². The smallest absolute Gasteiger partial charge is 0.250 e. The second-order valence-electron chi connectivity index (χ2n) is 7.40. The van der Waals surface area contributed by atoms with Crippen LogP contribution >= 0.6 is 0 Å². The van der Waals surface area contributed by atoms with Gasteiger partial charge in [0.05, 0.1) is 0 Å². The number of ether oxygens (including phenoxy) is 1. The van der Waals surface area contributed by atoms with Gasteiger partial charge in [0.25, 0.3) is 5.91 Å². The standard InChI is InChI=1S/C18H31N3O4/c1-21(2)18(23)15-12-25-17(19-15)14(11-16(22)20-24)10-6-9-13-7-4-3-5-8-13/h13-15,24H,3-12H2,1-2H3,(H,20,22)/t14-,15?/m1/s1. The van der Waals surface area contributed by atoms with Gasteiger partial charge in [-0.3, -0.25) is 14.8 Å². The molecular weight excluding hydrogens is 322 g/mol. The summed E-state index contributed by atoms with van der Waals surface area (Å²) in [5, 5.41) is 8.83.